The van der Waals surface area contributed by atoms with E-state index in [0.29, 0.717) is 10.8 Å². The van der Waals surface area contributed by atoms with Crippen LogP contribution < -0.4 is 10.1 Å². The number of ether oxygens (including phenoxy) is 1. The molecule has 0 saturated heterocycles. The molecule has 0 unspecified atom stereocenters. The summed E-state index contributed by atoms with van der Waals surface area (Å²) < 4.78 is 5.69. The van der Waals surface area contributed by atoms with E-state index in [2.05, 4.69) is 5.32 Å². The van der Waals surface area contributed by atoms with Gasteiger partial charge in [0.25, 0.3) is 5.91 Å². The lowest BCUT2D eigenvalue weighted by Gasteiger charge is -2.11. The molecule has 1 N–H and O–H groups in total. The number of anilines is 1. The first-order valence-electron chi connectivity index (χ1n) is 7.41. The molecule has 3 rings (SSSR count). The van der Waals surface area contributed by atoms with Gasteiger partial charge in [-0.25, -0.2) is 0 Å². The van der Waals surface area contributed by atoms with Crippen LogP contribution in [0, 0.1) is 0 Å². The molecule has 0 atom stereocenters. The number of hydrogen-bond donors (Lipinski definition) is 1. The van der Waals surface area contributed by atoms with Crippen LogP contribution in [-0.2, 0) is 4.79 Å². The highest BCUT2D eigenvalue weighted by Crippen LogP contribution is 2.31. The molecule has 0 bridgehead atoms. The normalized spacial score (nSPS) is 10.6. The average molecular weight is 358 g/mol. The van der Waals surface area contributed by atoms with Crippen molar-refractivity contribution in [3.05, 3.63) is 65.7 Å². The molecular weight excluding hydrogens is 342 g/mol. The van der Waals surface area contributed by atoms with Gasteiger partial charge in [0.1, 0.15) is 5.75 Å². The monoisotopic (exact) mass is 357 g/mol. The molecule has 5 heteroatoms. The van der Waals surface area contributed by atoms with Crippen LogP contribution in [0.2, 0.25) is 5.02 Å². The first-order valence-corrected chi connectivity index (χ1v) is 9.01. The first kappa shape index (κ1) is 16.7. The van der Waals surface area contributed by atoms with Crippen LogP contribution in [0.3, 0.4) is 0 Å². The van der Waals surface area contributed by atoms with E-state index in [1.165, 1.54) is 0 Å². The molecule has 1 amide bonds. The van der Waals surface area contributed by atoms with E-state index in [-0.39, 0.29) is 12.5 Å². The SMILES string of the molecule is CSc1cccc(NC(=O)COc2ccc(Cl)c3ccccc23)c1. The van der Waals surface area contributed by atoms with Crippen molar-refractivity contribution in [3.8, 4) is 5.75 Å². The summed E-state index contributed by atoms with van der Waals surface area (Å²) in [4.78, 5) is 13.2. The highest BCUT2D eigenvalue weighted by Gasteiger charge is 2.08. The van der Waals surface area contributed by atoms with Gasteiger partial charge in [0, 0.05) is 26.4 Å². The zero-order chi connectivity index (χ0) is 16.9. The fraction of sp³-hybridized carbons (Fsp3) is 0.105. The molecule has 0 saturated carbocycles. The van der Waals surface area contributed by atoms with Gasteiger partial charge in [-0.3, -0.25) is 4.79 Å². The number of halogens is 1. The molecule has 0 spiro atoms. The molecular formula is C19H16ClNO2S. The maximum Gasteiger partial charge on any atom is 0.262 e. The van der Waals surface area contributed by atoms with Crippen LogP contribution in [0.5, 0.6) is 5.75 Å². The molecule has 0 radical (unpaired) electrons. The van der Waals surface area contributed by atoms with Gasteiger partial charge in [-0.05, 0) is 36.6 Å². The molecule has 0 heterocycles. The van der Waals surface area contributed by atoms with Gasteiger partial charge < -0.3 is 10.1 Å². The largest absolute Gasteiger partial charge is 0.483 e. The molecule has 122 valence electrons. The summed E-state index contributed by atoms with van der Waals surface area (Å²) in [6, 6.07) is 18.9. The van der Waals surface area contributed by atoms with Crippen molar-refractivity contribution in [2.24, 2.45) is 0 Å². The summed E-state index contributed by atoms with van der Waals surface area (Å²) in [6.45, 7) is -0.0604. The Kier molecular flexibility index (Phi) is 5.28. The third-order valence-electron chi connectivity index (χ3n) is 3.54. The maximum atomic E-state index is 12.1. The second kappa shape index (κ2) is 7.60. The van der Waals surface area contributed by atoms with Crippen LogP contribution >= 0.6 is 23.4 Å². The lowest BCUT2D eigenvalue weighted by molar-refractivity contribution is -0.118. The molecule has 0 aliphatic heterocycles. The van der Waals surface area contributed by atoms with Crippen LogP contribution in [0.15, 0.2) is 65.6 Å². The van der Waals surface area contributed by atoms with E-state index < -0.39 is 0 Å². The second-order valence-corrected chi connectivity index (χ2v) is 6.45. The van der Waals surface area contributed by atoms with Gasteiger partial charge in [0.2, 0.25) is 0 Å². The fourth-order valence-electron chi connectivity index (χ4n) is 2.40. The van der Waals surface area contributed by atoms with Crippen molar-refractivity contribution in [1.29, 1.82) is 0 Å². The number of hydrogen-bond acceptors (Lipinski definition) is 3. The number of benzene rings is 3. The van der Waals surface area contributed by atoms with E-state index >= 15 is 0 Å². The van der Waals surface area contributed by atoms with Gasteiger partial charge in [-0.2, -0.15) is 0 Å². The summed E-state index contributed by atoms with van der Waals surface area (Å²) in [7, 11) is 0. The highest BCUT2D eigenvalue weighted by molar-refractivity contribution is 7.98. The minimum atomic E-state index is -0.202. The van der Waals surface area contributed by atoms with E-state index in [0.717, 1.165) is 21.4 Å². The van der Waals surface area contributed by atoms with Gasteiger partial charge in [0.05, 0.1) is 0 Å². The Hall–Kier alpha value is -2.17. The smallest absolute Gasteiger partial charge is 0.262 e. The Labute approximate surface area is 150 Å². The van der Waals surface area contributed by atoms with E-state index in [9.17, 15) is 4.79 Å². The van der Waals surface area contributed by atoms with E-state index in [1.807, 2.05) is 54.8 Å². The van der Waals surface area contributed by atoms with Crippen molar-refractivity contribution in [2.75, 3.05) is 18.2 Å². The molecule has 24 heavy (non-hydrogen) atoms. The molecule has 0 aliphatic rings. The predicted octanol–water partition coefficient (Wildman–Crippen LogP) is 5.23. The summed E-state index contributed by atoms with van der Waals surface area (Å²) in [5, 5.41) is 5.30. The van der Waals surface area contributed by atoms with Crippen molar-refractivity contribution in [3.63, 3.8) is 0 Å². The Morgan fingerprint density at radius 2 is 1.88 bits per heavy atom. The van der Waals surface area contributed by atoms with Crippen LogP contribution in [0.25, 0.3) is 10.8 Å². The lowest BCUT2D eigenvalue weighted by atomic mass is 10.1. The minimum Gasteiger partial charge on any atom is -0.483 e. The number of nitrogens with one attached hydrogen (secondary N) is 1. The van der Waals surface area contributed by atoms with Crippen molar-refractivity contribution in [1.82, 2.24) is 0 Å². The van der Waals surface area contributed by atoms with Gasteiger partial charge in [0.15, 0.2) is 6.61 Å². The highest BCUT2D eigenvalue weighted by atomic mass is 35.5. The minimum absolute atomic E-state index is 0.0604. The van der Waals surface area contributed by atoms with E-state index in [4.69, 9.17) is 16.3 Å². The Morgan fingerprint density at radius 1 is 1.08 bits per heavy atom. The molecule has 0 aliphatic carbocycles. The van der Waals surface area contributed by atoms with Crippen LogP contribution in [-0.4, -0.2) is 18.8 Å². The quantitative estimate of drug-likeness (QED) is 0.635. The summed E-state index contributed by atoms with van der Waals surface area (Å²) in [5.41, 5.74) is 0.761. The summed E-state index contributed by atoms with van der Waals surface area (Å²) >= 11 is 7.82. The van der Waals surface area contributed by atoms with Gasteiger partial charge >= 0.3 is 0 Å². The molecule has 0 aromatic heterocycles. The summed E-state index contributed by atoms with van der Waals surface area (Å²) in [5.74, 6) is 0.440. The van der Waals surface area contributed by atoms with Crippen LogP contribution in [0.4, 0.5) is 5.69 Å². The van der Waals surface area contributed by atoms with Crippen molar-refractivity contribution in [2.45, 2.75) is 4.90 Å². The number of thioether (sulfide) groups is 1. The topological polar surface area (TPSA) is 38.3 Å². The van der Waals surface area contributed by atoms with E-state index in [1.54, 1.807) is 23.9 Å². The standard InChI is InChI=1S/C19H16ClNO2S/c1-24-14-6-4-5-13(11-14)21-19(22)12-23-18-10-9-17(20)15-7-2-3-8-16(15)18/h2-11H,12H2,1H3,(H,21,22). The van der Waals surface area contributed by atoms with Gasteiger partial charge in [-0.15, -0.1) is 11.8 Å². The zero-order valence-electron chi connectivity index (χ0n) is 13.1. The Morgan fingerprint density at radius 3 is 2.67 bits per heavy atom. The fourth-order valence-corrected chi connectivity index (χ4v) is 3.09. The van der Waals surface area contributed by atoms with Crippen molar-refractivity contribution >= 4 is 45.7 Å². The van der Waals surface area contributed by atoms with Crippen LogP contribution in [0.1, 0.15) is 0 Å². The Bertz CT molecular complexity index is 882. The molecule has 0 fully saturated rings. The zero-order valence-corrected chi connectivity index (χ0v) is 14.7. The molecule has 3 nitrogen and oxygen atoms in total. The number of rotatable bonds is 5. The molecule has 3 aromatic rings. The first-order chi connectivity index (χ1) is 11.7. The maximum absolute atomic E-state index is 12.1. The van der Waals surface area contributed by atoms with Crippen molar-refractivity contribution < 1.29 is 9.53 Å². The average Bonchev–Trinajstić information content (AvgIpc) is 2.61. The second-order valence-electron chi connectivity index (χ2n) is 5.16. The molecule has 3 aromatic carbocycles. The number of carbonyl (C=O) groups excluding carboxylic acids is 1. The third-order valence-corrected chi connectivity index (χ3v) is 4.60. The number of amides is 1. The lowest BCUT2D eigenvalue weighted by Crippen LogP contribution is -2.20. The Balaban J connectivity index is 1.69. The number of fused-ring (bicyclic) bond motifs is 1. The number of carbonyl (C=O) groups is 1. The third kappa shape index (κ3) is 3.83. The van der Waals surface area contributed by atoms with Gasteiger partial charge in [-0.1, -0.05) is 41.9 Å². The predicted molar refractivity (Wildman–Crippen MR) is 101 cm³/mol. The summed E-state index contributed by atoms with van der Waals surface area (Å²) in [6.07, 6.45) is 2.00.